The molecule has 2 aromatic carbocycles. The Hall–Kier alpha value is -2.89. The zero-order valence-corrected chi connectivity index (χ0v) is 12.4. The Kier molecular flexibility index (Phi) is 3.97. The Morgan fingerprint density at radius 1 is 1.30 bits per heavy atom. The summed E-state index contributed by atoms with van der Waals surface area (Å²) in [6, 6.07) is 10.6. The molecule has 6 heteroatoms. The van der Waals surface area contributed by atoms with Crippen LogP contribution in [0.1, 0.15) is 28.9 Å². The molecule has 5 nitrogen and oxygen atoms in total. The Morgan fingerprint density at radius 2 is 2.09 bits per heavy atom. The van der Waals surface area contributed by atoms with Gasteiger partial charge in [0.05, 0.1) is 11.7 Å². The van der Waals surface area contributed by atoms with E-state index in [0.717, 1.165) is 0 Å². The molecule has 0 bridgehead atoms. The summed E-state index contributed by atoms with van der Waals surface area (Å²) in [5, 5.41) is 5.40. The van der Waals surface area contributed by atoms with E-state index >= 15 is 0 Å². The molecule has 0 aromatic heterocycles. The summed E-state index contributed by atoms with van der Waals surface area (Å²) in [6.45, 7) is 1.63. The predicted octanol–water partition coefficient (Wildman–Crippen LogP) is 2.65. The van der Waals surface area contributed by atoms with Gasteiger partial charge in [0, 0.05) is 11.1 Å². The smallest absolute Gasteiger partial charge is 0.262 e. The lowest BCUT2D eigenvalue weighted by atomic mass is 10.1. The lowest BCUT2D eigenvalue weighted by Crippen LogP contribution is -2.28. The number of halogens is 1. The molecule has 1 aliphatic heterocycles. The fraction of sp³-hybridized carbons (Fsp3) is 0.176. The summed E-state index contributed by atoms with van der Waals surface area (Å²) < 4.78 is 19.0. The van der Waals surface area contributed by atoms with Crippen LogP contribution in [0.3, 0.4) is 0 Å². The highest BCUT2D eigenvalue weighted by Crippen LogP contribution is 2.28. The lowest BCUT2D eigenvalue weighted by molar-refractivity contribution is -0.118. The average molecular weight is 314 g/mol. The Labute approximate surface area is 132 Å². The monoisotopic (exact) mass is 314 g/mol. The van der Waals surface area contributed by atoms with Crippen LogP contribution in [0, 0.1) is 5.82 Å². The maximum absolute atomic E-state index is 13.7. The molecule has 0 saturated heterocycles. The number of carbonyl (C=O) groups excluding carboxylic acids is 2. The minimum atomic E-state index is -0.472. The molecule has 0 fully saturated rings. The maximum atomic E-state index is 13.7. The average Bonchev–Trinajstić information content (AvgIpc) is 2.54. The second kappa shape index (κ2) is 6.08. The van der Waals surface area contributed by atoms with E-state index in [1.54, 1.807) is 43.3 Å². The van der Waals surface area contributed by atoms with Gasteiger partial charge in [-0.3, -0.25) is 9.59 Å². The number of fused-ring (bicyclic) bond motifs is 1. The molecule has 1 heterocycles. The number of ether oxygens (including phenoxy) is 1. The standard InChI is InChI=1S/C17H15FN2O3/c1-10(12-4-2-3-5-13(12)18)19-17(22)11-6-7-14-15(8-11)23-9-16(21)20-14/h2-8,10H,9H2,1H3,(H,19,22)(H,20,21)/t10-/m1/s1. The van der Waals surface area contributed by atoms with Crippen LogP contribution in [-0.2, 0) is 4.79 Å². The van der Waals surface area contributed by atoms with Crippen LogP contribution in [0.5, 0.6) is 5.75 Å². The SMILES string of the molecule is C[C@@H](NC(=O)c1ccc2c(c1)OCC(=O)N2)c1ccccc1F. The molecule has 1 aliphatic rings. The van der Waals surface area contributed by atoms with Gasteiger partial charge in [-0.25, -0.2) is 4.39 Å². The summed E-state index contributed by atoms with van der Waals surface area (Å²) in [6.07, 6.45) is 0. The molecule has 2 N–H and O–H groups in total. The largest absolute Gasteiger partial charge is 0.482 e. The number of anilines is 1. The fourth-order valence-electron chi connectivity index (χ4n) is 2.40. The number of nitrogens with one attached hydrogen (secondary N) is 2. The molecule has 0 unspecified atom stereocenters. The molecule has 118 valence electrons. The number of amides is 2. The molecule has 0 radical (unpaired) electrons. The number of hydrogen-bond acceptors (Lipinski definition) is 3. The first kappa shape index (κ1) is 15.0. The molecule has 0 aliphatic carbocycles. The lowest BCUT2D eigenvalue weighted by Gasteiger charge is -2.19. The summed E-state index contributed by atoms with van der Waals surface area (Å²) in [4.78, 5) is 23.5. The van der Waals surface area contributed by atoms with Gasteiger partial charge in [0.25, 0.3) is 11.8 Å². The van der Waals surface area contributed by atoms with E-state index in [2.05, 4.69) is 10.6 Å². The van der Waals surface area contributed by atoms with E-state index < -0.39 is 6.04 Å². The molecule has 0 spiro atoms. The van der Waals surface area contributed by atoms with Gasteiger partial charge in [-0.1, -0.05) is 18.2 Å². The number of rotatable bonds is 3. The first-order valence-corrected chi connectivity index (χ1v) is 7.16. The number of benzene rings is 2. The van der Waals surface area contributed by atoms with Crippen LogP contribution in [0.25, 0.3) is 0 Å². The molecule has 3 rings (SSSR count). The Morgan fingerprint density at radius 3 is 2.87 bits per heavy atom. The second-order valence-corrected chi connectivity index (χ2v) is 5.26. The first-order valence-electron chi connectivity index (χ1n) is 7.16. The van der Waals surface area contributed by atoms with Crippen molar-refractivity contribution in [2.24, 2.45) is 0 Å². The maximum Gasteiger partial charge on any atom is 0.262 e. The topological polar surface area (TPSA) is 67.4 Å². The Bertz CT molecular complexity index is 776. The van der Waals surface area contributed by atoms with Gasteiger partial charge >= 0.3 is 0 Å². The van der Waals surface area contributed by atoms with Crippen molar-refractivity contribution in [1.29, 1.82) is 0 Å². The van der Waals surface area contributed by atoms with Crippen molar-refractivity contribution >= 4 is 17.5 Å². The van der Waals surface area contributed by atoms with E-state index in [9.17, 15) is 14.0 Å². The van der Waals surface area contributed by atoms with Crippen LogP contribution in [0.2, 0.25) is 0 Å². The molecular weight excluding hydrogens is 299 g/mol. The van der Waals surface area contributed by atoms with Crippen LogP contribution in [0.15, 0.2) is 42.5 Å². The van der Waals surface area contributed by atoms with Crippen LogP contribution < -0.4 is 15.4 Å². The zero-order chi connectivity index (χ0) is 16.4. The minimum Gasteiger partial charge on any atom is -0.482 e. The summed E-state index contributed by atoms with van der Waals surface area (Å²) in [5.74, 6) is -0.500. The quantitative estimate of drug-likeness (QED) is 0.915. The molecule has 2 amide bonds. The highest BCUT2D eigenvalue weighted by Gasteiger charge is 2.19. The van der Waals surface area contributed by atoms with Gasteiger partial charge in [-0.15, -0.1) is 0 Å². The van der Waals surface area contributed by atoms with Crippen molar-refractivity contribution in [3.63, 3.8) is 0 Å². The van der Waals surface area contributed by atoms with E-state index in [1.165, 1.54) is 6.07 Å². The number of carbonyl (C=O) groups is 2. The van der Waals surface area contributed by atoms with Crippen LogP contribution in [-0.4, -0.2) is 18.4 Å². The van der Waals surface area contributed by atoms with Crippen molar-refractivity contribution in [3.8, 4) is 5.75 Å². The van der Waals surface area contributed by atoms with E-state index in [1.807, 2.05) is 0 Å². The molecule has 0 saturated carbocycles. The zero-order valence-electron chi connectivity index (χ0n) is 12.4. The molecule has 2 aromatic rings. The van der Waals surface area contributed by atoms with Gasteiger partial charge in [-0.2, -0.15) is 0 Å². The van der Waals surface area contributed by atoms with Gasteiger partial charge in [-0.05, 0) is 31.2 Å². The summed E-state index contributed by atoms with van der Waals surface area (Å²) in [7, 11) is 0. The van der Waals surface area contributed by atoms with Gasteiger partial charge in [0.15, 0.2) is 6.61 Å². The normalized spacial score (nSPS) is 14.3. The third-order valence-electron chi connectivity index (χ3n) is 3.60. The van der Waals surface area contributed by atoms with Crippen molar-refractivity contribution < 1.29 is 18.7 Å². The van der Waals surface area contributed by atoms with Gasteiger partial charge in [0.1, 0.15) is 11.6 Å². The Balaban J connectivity index is 1.76. The molecule has 23 heavy (non-hydrogen) atoms. The van der Waals surface area contributed by atoms with E-state index in [4.69, 9.17) is 4.74 Å². The summed E-state index contributed by atoms with van der Waals surface area (Å²) in [5.41, 5.74) is 1.32. The van der Waals surface area contributed by atoms with Crippen LogP contribution in [0.4, 0.5) is 10.1 Å². The number of hydrogen-bond donors (Lipinski definition) is 2. The first-order chi connectivity index (χ1) is 11.0. The van der Waals surface area contributed by atoms with Crippen molar-refractivity contribution in [2.75, 3.05) is 11.9 Å². The minimum absolute atomic E-state index is 0.0797. The van der Waals surface area contributed by atoms with Gasteiger partial charge in [0.2, 0.25) is 0 Å². The fourth-order valence-corrected chi connectivity index (χ4v) is 2.40. The summed E-state index contributed by atoms with van der Waals surface area (Å²) >= 11 is 0. The highest BCUT2D eigenvalue weighted by atomic mass is 19.1. The van der Waals surface area contributed by atoms with Gasteiger partial charge < -0.3 is 15.4 Å². The van der Waals surface area contributed by atoms with Crippen molar-refractivity contribution in [3.05, 3.63) is 59.4 Å². The molecule has 1 atom stereocenters. The third-order valence-corrected chi connectivity index (χ3v) is 3.60. The van der Waals surface area contributed by atoms with Crippen molar-refractivity contribution in [2.45, 2.75) is 13.0 Å². The van der Waals surface area contributed by atoms with E-state index in [-0.39, 0.29) is 24.2 Å². The third kappa shape index (κ3) is 3.15. The van der Waals surface area contributed by atoms with Crippen molar-refractivity contribution in [1.82, 2.24) is 5.32 Å². The highest BCUT2D eigenvalue weighted by molar-refractivity contribution is 5.99. The van der Waals surface area contributed by atoms with E-state index in [0.29, 0.717) is 22.6 Å². The molecular formula is C17H15FN2O3. The second-order valence-electron chi connectivity index (χ2n) is 5.26. The predicted molar refractivity (Wildman–Crippen MR) is 82.8 cm³/mol. The van der Waals surface area contributed by atoms with Crippen LogP contribution >= 0.6 is 0 Å².